The van der Waals surface area contributed by atoms with Crippen LogP contribution in [0.1, 0.15) is 37.6 Å². The summed E-state index contributed by atoms with van der Waals surface area (Å²) in [5.41, 5.74) is 2.67. The van der Waals surface area contributed by atoms with E-state index in [1.165, 1.54) is 16.4 Å². The van der Waals surface area contributed by atoms with E-state index in [4.69, 9.17) is 21.1 Å². The van der Waals surface area contributed by atoms with Crippen LogP contribution >= 0.6 is 34.2 Å². The predicted molar refractivity (Wildman–Crippen MR) is 141 cm³/mol. The van der Waals surface area contributed by atoms with E-state index >= 15 is 0 Å². The highest BCUT2D eigenvalue weighted by Crippen LogP contribution is 2.35. The summed E-state index contributed by atoms with van der Waals surface area (Å²) in [6.45, 7) is 7.16. The zero-order valence-electron chi connectivity index (χ0n) is 19.6. The molecule has 2 N–H and O–H groups in total. The number of benzene rings is 2. The minimum atomic E-state index is -0.779. The van der Waals surface area contributed by atoms with Crippen molar-refractivity contribution in [3.63, 3.8) is 0 Å². The summed E-state index contributed by atoms with van der Waals surface area (Å²) in [7, 11) is 0. The molecule has 0 unspecified atom stereocenters. The van der Waals surface area contributed by atoms with Crippen molar-refractivity contribution in [2.75, 3.05) is 19.1 Å². The molecule has 0 spiro atoms. The van der Waals surface area contributed by atoms with Crippen LogP contribution in [-0.2, 0) is 18.6 Å². The van der Waals surface area contributed by atoms with Gasteiger partial charge in [-0.1, -0.05) is 44.2 Å². The van der Waals surface area contributed by atoms with E-state index in [0.29, 0.717) is 29.8 Å². The second kappa shape index (κ2) is 12.2. The van der Waals surface area contributed by atoms with E-state index in [0.717, 1.165) is 14.9 Å². The lowest BCUT2D eigenvalue weighted by Crippen LogP contribution is -2.25. The first-order valence-corrected chi connectivity index (χ1v) is 12.7. The third kappa shape index (κ3) is 6.84. The molecule has 7 nitrogen and oxygen atoms in total. The minimum absolute atomic E-state index is 0.107. The molecule has 0 amide bonds. The Morgan fingerprint density at radius 2 is 1.79 bits per heavy atom. The Hall–Kier alpha value is -1.88. The highest BCUT2D eigenvalue weighted by Gasteiger charge is 2.24. The first kappa shape index (κ1) is 26.7. The molecule has 34 heavy (non-hydrogen) atoms. The molecule has 184 valence electrons. The van der Waals surface area contributed by atoms with Crippen LogP contribution in [0.15, 0.2) is 48.7 Å². The molecule has 0 radical (unpaired) electrons. The van der Waals surface area contributed by atoms with Crippen LogP contribution in [-0.4, -0.2) is 50.4 Å². The van der Waals surface area contributed by atoms with Gasteiger partial charge in [-0.15, -0.1) is 16.7 Å². The molecular formula is C25H31ClIN3O4. The maximum absolute atomic E-state index is 10.3. The van der Waals surface area contributed by atoms with Gasteiger partial charge in [0.2, 0.25) is 0 Å². The van der Waals surface area contributed by atoms with Crippen molar-refractivity contribution in [3.05, 3.63) is 69.1 Å². The van der Waals surface area contributed by atoms with Crippen LogP contribution in [0.2, 0.25) is 0 Å². The molecule has 1 heterocycles. The minimum Gasteiger partial charge on any atom is -0.492 e. The molecule has 0 aliphatic heterocycles. The van der Waals surface area contributed by atoms with Crippen LogP contribution < -0.4 is 9.47 Å². The molecule has 0 aliphatic carbocycles. The number of halogens is 2. The Morgan fingerprint density at radius 3 is 2.44 bits per heavy atom. The molecule has 0 saturated heterocycles. The normalized spacial score (nSPS) is 13.5. The van der Waals surface area contributed by atoms with Crippen molar-refractivity contribution in [1.82, 2.24) is 15.0 Å². The summed E-state index contributed by atoms with van der Waals surface area (Å²) in [5, 5.41) is 27.1. The largest absolute Gasteiger partial charge is 0.492 e. The van der Waals surface area contributed by atoms with Crippen LogP contribution in [0, 0.1) is 9.49 Å². The standard InChI is InChI=1S/C25H31ClIN3O4/c1-17(11-26)15-34-24-9-6-19(10-23(24)27)25(2,3)18-4-7-22(8-5-18)33-16-21(32)13-30-20(14-31)12-28-29-30/h4-10,12,17,21,31-32H,11,13-16H2,1-3H3/t17-,21-/m1/s1/i27-4. The Labute approximate surface area is 219 Å². The van der Waals surface area contributed by atoms with Crippen molar-refractivity contribution >= 4 is 34.2 Å². The van der Waals surface area contributed by atoms with Gasteiger partial charge in [-0.25, -0.2) is 4.68 Å². The number of nitrogens with zero attached hydrogens (tertiary/aromatic N) is 3. The lowest BCUT2D eigenvalue weighted by molar-refractivity contribution is 0.0866. The van der Waals surface area contributed by atoms with E-state index in [1.54, 1.807) is 0 Å². The van der Waals surface area contributed by atoms with Crippen LogP contribution in [0.25, 0.3) is 0 Å². The smallest absolute Gasteiger partial charge is 0.132 e. The maximum Gasteiger partial charge on any atom is 0.132 e. The third-order valence-corrected chi connectivity index (χ3v) is 7.07. The molecule has 0 aliphatic rings. The van der Waals surface area contributed by atoms with Gasteiger partial charge in [-0.3, -0.25) is 0 Å². The van der Waals surface area contributed by atoms with E-state index in [-0.39, 0.29) is 25.2 Å². The Bertz CT molecular complexity index is 1060. The number of alkyl halides is 1. The first-order chi connectivity index (χ1) is 16.2. The summed E-state index contributed by atoms with van der Waals surface area (Å²) in [6.07, 6.45) is 0.691. The number of aliphatic hydroxyl groups excluding tert-OH is 2. The summed E-state index contributed by atoms with van der Waals surface area (Å²) in [6, 6.07) is 14.2. The summed E-state index contributed by atoms with van der Waals surface area (Å²) < 4.78 is 14.2. The van der Waals surface area contributed by atoms with Crippen molar-refractivity contribution in [3.8, 4) is 11.5 Å². The molecule has 0 bridgehead atoms. The molecule has 3 aromatic rings. The highest BCUT2D eigenvalue weighted by atomic mass is 123. The van der Waals surface area contributed by atoms with E-state index in [1.807, 2.05) is 30.3 Å². The van der Waals surface area contributed by atoms with Crippen molar-refractivity contribution in [2.45, 2.75) is 45.4 Å². The van der Waals surface area contributed by atoms with Gasteiger partial charge in [-0.05, 0) is 58.0 Å². The lowest BCUT2D eigenvalue weighted by Gasteiger charge is -2.27. The maximum atomic E-state index is 10.3. The predicted octanol–water partition coefficient (Wildman–Crippen LogP) is 4.39. The number of aromatic nitrogens is 3. The molecule has 0 saturated carbocycles. The molecule has 0 fully saturated rings. The average Bonchev–Trinajstić information content (AvgIpc) is 3.28. The topological polar surface area (TPSA) is 89.6 Å². The molecule has 9 heteroatoms. The molecule has 2 aromatic carbocycles. The summed E-state index contributed by atoms with van der Waals surface area (Å²) >= 11 is 8.19. The summed E-state index contributed by atoms with van der Waals surface area (Å²) in [5.74, 6) is 2.42. The van der Waals surface area contributed by atoms with Gasteiger partial charge in [0.25, 0.3) is 0 Å². The molecule has 3 rings (SSSR count). The fourth-order valence-corrected chi connectivity index (χ4v) is 4.18. The second-order valence-electron chi connectivity index (χ2n) is 8.90. The van der Waals surface area contributed by atoms with Gasteiger partial charge in [0.05, 0.1) is 35.2 Å². The van der Waals surface area contributed by atoms with Crippen LogP contribution in [0.3, 0.4) is 0 Å². The van der Waals surface area contributed by atoms with Gasteiger partial charge in [0.1, 0.15) is 24.2 Å². The zero-order valence-corrected chi connectivity index (χ0v) is 22.5. The third-order valence-electron chi connectivity index (χ3n) is 5.70. The fraction of sp³-hybridized carbons (Fsp3) is 0.440. The number of hydrogen-bond acceptors (Lipinski definition) is 6. The molecule has 1 aromatic heterocycles. The average molecular weight is 596 g/mol. The number of hydrogen-bond donors (Lipinski definition) is 2. The summed E-state index contributed by atoms with van der Waals surface area (Å²) in [4.78, 5) is 0. The number of aliphatic hydroxyl groups is 2. The zero-order chi connectivity index (χ0) is 24.7. The Kier molecular flexibility index (Phi) is 9.58. The van der Waals surface area contributed by atoms with Crippen molar-refractivity contribution in [1.29, 1.82) is 0 Å². The van der Waals surface area contributed by atoms with Crippen LogP contribution in [0.5, 0.6) is 11.5 Å². The lowest BCUT2D eigenvalue weighted by atomic mass is 9.78. The van der Waals surface area contributed by atoms with E-state index in [2.05, 4.69) is 65.8 Å². The number of ether oxygens (including phenoxy) is 2. The van der Waals surface area contributed by atoms with E-state index in [9.17, 15) is 10.2 Å². The van der Waals surface area contributed by atoms with Gasteiger partial charge >= 0.3 is 0 Å². The van der Waals surface area contributed by atoms with Gasteiger partial charge in [0, 0.05) is 17.2 Å². The van der Waals surface area contributed by atoms with Crippen LogP contribution in [0.4, 0.5) is 0 Å². The first-order valence-electron chi connectivity index (χ1n) is 11.1. The van der Waals surface area contributed by atoms with Gasteiger partial charge < -0.3 is 19.7 Å². The fourth-order valence-electron chi connectivity index (χ4n) is 3.42. The van der Waals surface area contributed by atoms with Gasteiger partial charge in [0.15, 0.2) is 0 Å². The molecule has 2 atom stereocenters. The van der Waals surface area contributed by atoms with E-state index < -0.39 is 6.10 Å². The monoisotopic (exact) mass is 595 g/mol. The second-order valence-corrected chi connectivity index (χ2v) is 10.4. The SMILES string of the molecule is C[C@H](CCl)COc1ccc(C(C)(C)c2ccc(OC[C@H](O)Cn3nncc3CO)cc2)cc1[123I]. The highest BCUT2D eigenvalue weighted by molar-refractivity contribution is 14.1. The Morgan fingerprint density at radius 1 is 1.09 bits per heavy atom. The quantitative estimate of drug-likeness (QED) is 0.239. The van der Waals surface area contributed by atoms with Crippen molar-refractivity contribution in [2.24, 2.45) is 5.92 Å². The Balaban J connectivity index is 1.61. The van der Waals surface area contributed by atoms with Gasteiger partial charge in [-0.2, -0.15) is 0 Å². The molecular weight excluding hydrogens is 565 g/mol. The number of rotatable bonds is 12. The van der Waals surface area contributed by atoms with Crippen molar-refractivity contribution < 1.29 is 19.7 Å².